The lowest BCUT2D eigenvalue weighted by Gasteiger charge is -2.25. The molecule has 2 atom stereocenters. The van der Waals surface area contributed by atoms with Crippen LogP contribution in [0.15, 0.2) is 77.7 Å². The van der Waals surface area contributed by atoms with Crippen LogP contribution in [0, 0.1) is 6.92 Å². The van der Waals surface area contributed by atoms with Gasteiger partial charge in [-0.25, -0.2) is 18.2 Å². The lowest BCUT2D eigenvalue weighted by Crippen LogP contribution is -2.51. The van der Waals surface area contributed by atoms with Crippen LogP contribution in [-0.4, -0.2) is 65.8 Å². The molecule has 2 amide bonds. The first-order chi connectivity index (χ1) is 20.1. The monoisotopic (exact) mass is 593 g/mol. The normalized spacial score (nSPS) is 16.0. The zero-order chi connectivity index (χ0) is 30.1. The van der Waals surface area contributed by atoms with Crippen molar-refractivity contribution in [2.24, 2.45) is 0 Å². The number of carboxylic acid groups (broad SMARTS) is 1. The lowest BCUT2D eigenvalue weighted by molar-refractivity contribution is -0.142. The molecule has 4 N–H and O–H groups in total. The van der Waals surface area contributed by atoms with Gasteiger partial charge < -0.3 is 21.1 Å². The number of nitrogens with one attached hydrogen (secondary N) is 3. The molecule has 12 heteroatoms. The number of amides is 2. The number of aliphatic carboxylic acids is 1. The number of hydrogen-bond acceptors (Lipinski definition) is 7. The number of carboxylic acids is 1. The van der Waals surface area contributed by atoms with E-state index in [1.165, 1.54) is 12.1 Å². The first kappa shape index (κ1) is 30.7. The van der Waals surface area contributed by atoms with Crippen LogP contribution in [0.4, 0.5) is 11.5 Å². The average molecular weight is 594 g/mol. The van der Waals surface area contributed by atoms with Gasteiger partial charge in [-0.1, -0.05) is 36.4 Å². The Kier molecular flexibility index (Phi) is 10.3. The van der Waals surface area contributed by atoms with Gasteiger partial charge in [-0.15, -0.1) is 0 Å². The Bertz CT molecular complexity index is 1500. The summed E-state index contributed by atoms with van der Waals surface area (Å²) >= 11 is 0. The summed E-state index contributed by atoms with van der Waals surface area (Å²) in [5.74, 6) is -1.26. The van der Waals surface area contributed by atoms with E-state index in [0.29, 0.717) is 43.5 Å². The van der Waals surface area contributed by atoms with E-state index in [1.54, 1.807) is 42.5 Å². The molecule has 1 aliphatic heterocycles. The molecule has 1 fully saturated rings. The fraction of sp³-hybridized carbons (Fsp3) is 0.333. The molecule has 4 rings (SSSR count). The molecule has 0 saturated carbocycles. The minimum Gasteiger partial charge on any atom is -0.480 e. The van der Waals surface area contributed by atoms with Crippen molar-refractivity contribution in [1.82, 2.24) is 14.6 Å². The van der Waals surface area contributed by atoms with Crippen LogP contribution < -0.4 is 16.0 Å². The topological polar surface area (TPSA) is 158 Å². The Balaban J connectivity index is 1.28. The molecule has 222 valence electrons. The highest BCUT2D eigenvalue weighted by Crippen LogP contribution is 2.26. The number of aromatic nitrogens is 1. The van der Waals surface area contributed by atoms with Crippen molar-refractivity contribution in [3.63, 3.8) is 0 Å². The molecular formula is C30H35N5O6S. The Morgan fingerprint density at radius 3 is 2.45 bits per heavy atom. The SMILES string of the molecule is Cc1cccc(NCCCC(=O)Nc2ccc(CC(NC(=O)C3CCCN3S(=O)(=O)c3ccccc3)C(=O)O)cc2)n1. The number of carbonyl (C=O) groups excluding carboxylic acids is 2. The summed E-state index contributed by atoms with van der Waals surface area (Å²) in [4.78, 5) is 41.9. The van der Waals surface area contributed by atoms with Gasteiger partial charge in [0.1, 0.15) is 17.9 Å². The second-order valence-corrected chi connectivity index (χ2v) is 12.0. The van der Waals surface area contributed by atoms with Gasteiger partial charge >= 0.3 is 5.97 Å². The van der Waals surface area contributed by atoms with Crippen LogP contribution in [0.1, 0.15) is 36.9 Å². The van der Waals surface area contributed by atoms with E-state index in [4.69, 9.17) is 0 Å². The number of nitrogens with zero attached hydrogens (tertiary/aromatic N) is 2. The third-order valence-electron chi connectivity index (χ3n) is 6.92. The predicted molar refractivity (Wildman–Crippen MR) is 158 cm³/mol. The molecule has 2 heterocycles. The third kappa shape index (κ3) is 8.14. The Morgan fingerprint density at radius 2 is 1.76 bits per heavy atom. The van der Waals surface area contributed by atoms with E-state index in [0.717, 1.165) is 15.8 Å². The molecule has 0 radical (unpaired) electrons. The predicted octanol–water partition coefficient (Wildman–Crippen LogP) is 3.19. The van der Waals surface area contributed by atoms with Crippen LogP contribution in [-0.2, 0) is 30.8 Å². The molecule has 1 saturated heterocycles. The Hall–Kier alpha value is -4.29. The summed E-state index contributed by atoms with van der Waals surface area (Å²) in [5.41, 5.74) is 2.12. The van der Waals surface area contributed by atoms with Gasteiger partial charge in [-0.3, -0.25) is 9.59 Å². The van der Waals surface area contributed by atoms with Crippen molar-refractivity contribution in [2.75, 3.05) is 23.7 Å². The van der Waals surface area contributed by atoms with Gasteiger partial charge in [-0.05, 0) is 68.1 Å². The first-order valence-electron chi connectivity index (χ1n) is 13.8. The van der Waals surface area contributed by atoms with E-state index in [1.807, 2.05) is 25.1 Å². The lowest BCUT2D eigenvalue weighted by atomic mass is 10.0. The van der Waals surface area contributed by atoms with Gasteiger partial charge in [0, 0.05) is 37.3 Å². The van der Waals surface area contributed by atoms with Gasteiger partial charge in [0.15, 0.2) is 0 Å². The van der Waals surface area contributed by atoms with Crippen molar-refractivity contribution < 1.29 is 27.9 Å². The molecule has 0 bridgehead atoms. The quantitative estimate of drug-likeness (QED) is 0.220. The third-order valence-corrected chi connectivity index (χ3v) is 8.85. The minimum atomic E-state index is -3.90. The van der Waals surface area contributed by atoms with E-state index < -0.39 is 34.0 Å². The Morgan fingerprint density at radius 1 is 1.02 bits per heavy atom. The van der Waals surface area contributed by atoms with Gasteiger partial charge in [0.05, 0.1) is 4.90 Å². The van der Waals surface area contributed by atoms with Crippen LogP contribution in [0.2, 0.25) is 0 Å². The number of aryl methyl sites for hydroxylation is 1. The highest BCUT2D eigenvalue weighted by Gasteiger charge is 2.40. The average Bonchev–Trinajstić information content (AvgIpc) is 3.48. The van der Waals surface area contributed by atoms with Crippen LogP contribution in [0.5, 0.6) is 0 Å². The molecule has 0 spiro atoms. The van der Waals surface area contributed by atoms with Crippen molar-refractivity contribution in [1.29, 1.82) is 0 Å². The van der Waals surface area contributed by atoms with Crippen molar-refractivity contribution in [3.8, 4) is 0 Å². The zero-order valence-electron chi connectivity index (χ0n) is 23.3. The smallest absolute Gasteiger partial charge is 0.326 e. The maximum absolute atomic E-state index is 13.1. The van der Waals surface area contributed by atoms with Crippen LogP contribution >= 0.6 is 0 Å². The fourth-order valence-electron chi connectivity index (χ4n) is 4.78. The highest BCUT2D eigenvalue weighted by atomic mass is 32.2. The second kappa shape index (κ2) is 14.1. The first-order valence-corrected chi connectivity index (χ1v) is 15.2. The van der Waals surface area contributed by atoms with E-state index in [9.17, 15) is 27.9 Å². The molecule has 2 aromatic carbocycles. The van der Waals surface area contributed by atoms with Crippen molar-refractivity contribution in [3.05, 3.63) is 84.1 Å². The van der Waals surface area contributed by atoms with Gasteiger partial charge in [0.2, 0.25) is 21.8 Å². The van der Waals surface area contributed by atoms with E-state index in [2.05, 4.69) is 20.9 Å². The Labute approximate surface area is 245 Å². The van der Waals surface area contributed by atoms with Crippen molar-refractivity contribution in [2.45, 2.75) is 56.0 Å². The number of carbonyl (C=O) groups is 3. The maximum Gasteiger partial charge on any atom is 0.326 e. The van der Waals surface area contributed by atoms with Gasteiger partial charge in [0.25, 0.3) is 0 Å². The summed E-state index contributed by atoms with van der Waals surface area (Å²) in [7, 11) is -3.90. The maximum atomic E-state index is 13.1. The molecule has 1 aromatic heterocycles. The number of pyridine rings is 1. The van der Waals surface area contributed by atoms with E-state index in [-0.39, 0.29) is 23.8 Å². The molecule has 3 aromatic rings. The summed E-state index contributed by atoms with van der Waals surface area (Å²) in [5, 5.41) is 18.3. The molecule has 0 aliphatic carbocycles. The van der Waals surface area contributed by atoms with Crippen LogP contribution in [0.25, 0.3) is 0 Å². The minimum absolute atomic E-state index is 0.00782. The highest BCUT2D eigenvalue weighted by molar-refractivity contribution is 7.89. The molecule has 1 aliphatic rings. The van der Waals surface area contributed by atoms with Crippen LogP contribution in [0.3, 0.4) is 0 Å². The zero-order valence-corrected chi connectivity index (χ0v) is 24.1. The fourth-order valence-corrected chi connectivity index (χ4v) is 6.45. The summed E-state index contributed by atoms with van der Waals surface area (Å²) in [6, 6.07) is 18.0. The molecular weight excluding hydrogens is 558 g/mol. The molecule has 42 heavy (non-hydrogen) atoms. The van der Waals surface area contributed by atoms with E-state index >= 15 is 0 Å². The molecule has 2 unspecified atom stereocenters. The van der Waals surface area contributed by atoms with Crippen molar-refractivity contribution >= 4 is 39.3 Å². The molecule has 11 nitrogen and oxygen atoms in total. The number of anilines is 2. The summed E-state index contributed by atoms with van der Waals surface area (Å²) in [6.45, 7) is 2.69. The largest absolute Gasteiger partial charge is 0.480 e. The number of sulfonamides is 1. The summed E-state index contributed by atoms with van der Waals surface area (Å²) < 4.78 is 27.4. The number of rotatable bonds is 13. The van der Waals surface area contributed by atoms with Gasteiger partial charge in [-0.2, -0.15) is 4.31 Å². The second-order valence-electron chi connectivity index (χ2n) is 10.1. The summed E-state index contributed by atoms with van der Waals surface area (Å²) in [6.07, 6.45) is 1.72. The number of hydrogen-bond donors (Lipinski definition) is 4. The standard InChI is InChI=1S/C30H35N5O6S/c1-21-8-5-12-27(32-21)31-18-6-13-28(36)33-23-16-14-22(15-17-23)20-25(30(38)39)34-29(37)26-11-7-19-35(26)42(40,41)24-9-3-2-4-10-24/h2-5,8-10,12,14-17,25-26H,6-7,11,13,18-20H2,1H3,(H,31,32)(H,33,36)(H,34,37)(H,38,39). The number of benzene rings is 2.